The molecule has 0 radical (unpaired) electrons. The largest absolute Gasteiger partial charge is 0.460 e. The number of imide groups is 1. The van der Waals surface area contributed by atoms with E-state index < -0.39 is 29.0 Å². The molecule has 2 amide bonds. The molecule has 218 valence electrons. The molecule has 0 aliphatic carbocycles. The van der Waals surface area contributed by atoms with Gasteiger partial charge < -0.3 is 19.5 Å². The number of ether oxygens (including phenoxy) is 3. The second-order valence-electron chi connectivity index (χ2n) is 12.0. The zero-order chi connectivity index (χ0) is 29.4. The fourth-order valence-corrected chi connectivity index (χ4v) is 5.47. The van der Waals surface area contributed by atoms with E-state index in [1.165, 1.54) is 0 Å². The third-order valence-electron chi connectivity index (χ3n) is 6.42. The van der Waals surface area contributed by atoms with Gasteiger partial charge in [-0.1, -0.05) is 6.92 Å². The van der Waals surface area contributed by atoms with Crippen molar-refractivity contribution in [3.63, 3.8) is 0 Å². The molecule has 2 atom stereocenters. The normalized spacial score (nSPS) is 19.4. The number of nitrogens with zero attached hydrogens (tertiary/aromatic N) is 3. The van der Waals surface area contributed by atoms with Crippen molar-refractivity contribution in [1.29, 1.82) is 0 Å². The number of esters is 1. The van der Waals surface area contributed by atoms with E-state index in [2.05, 4.69) is 14.7 Å². The first-order chi connectivity index (χ1) is 18.7. The Bertz CT molecular complexity index is 1300. The highest BCUT2D eigenvalue weighted by atomic mass is 32.1. The SMILES string of the molecule is CCc1cc(-c2nc(N[C@@H]3CCOC[C@@H]3CC(=O)OC(C)(C)C)c(F)c3c2C(=O)N(C(=O)OC(C)(C)C)C3)sn1. The van der Waals surface area contributed by atoms with Crippen LogP contribution in [0.15, 0.2) is 6.07 Å². The first-order valence-electron chi connectivity index (χ1n) is 13.5. The molecule has 0 unspecified atom stereocenters. The highest BCUT2D eigenvalue weighted by Gasteiger charge is 2.41. The van der Waals surface area contributed by atoms with Gasteiger partial charge in [0.1, 0.15) is 11.2 Å². The number of amides is 2. The molecular weight excluding hydrogens is 539 g/mol. The molecule has 0 saturated carbocycles. The molecule has 0 spiro atoms. The smallest absolute Gasteiger partial charge is 0.417 e. The molecule has 2 aromatic heterocycles. The van der Waals surface area contributed by atoms with Gasteiger partial charge in [-0.3, -0.25) is 9.59 Å². The summed E-state index contributed by atoms with van der Waals surface area (Å²) in [6, 6.07) is 1.49. The van der Waals surface area contributed by atoms with Crippen LogP contribution in [0.25, 0.3) is 10.6 Å². The molecule has 2 aliphatic heterocycles. The van der Waals surface area contributed by atoms with E-state index in [1.807, 2.05) is 13.0 Å². The molecule has 0 bridgehead atoms. The number of anilines is 1. The van der Waals surface area contributed by atoms with Gasteiger partial charge in [0.05, 0.1) is 41.4 Å². The summed E-state index contributed by atoms with van der Waals surface area (Å²) >= 11 is 1.16. The standard InChI is InChI=1S/C28H37FN4O6S/c1-8-16-12-19(40-32-16)23-21-17(13-33(25(21)35)26(36)39-28(5,6)7)22(29)24(31-23)30-18-9-10-37-14-15(18)11-20(34)38-27(2,3)4/h12,15,18H,8-11,13-14H2,1-7H3,(H,30,31)/t15-,18+/m0/s1. The topological polar surface area (TPSA) is 120 Å². The second kappa shape index (κ2) is 11.4. The van der Waals surface area contributed by atoms with Gasteiger partial charge in [0, 0.05) is 24.1 Å². The van der Waals surface area contributed by atoms with Crippen molar-refractivity contribution in [3.05, 3.63) is 28.7 Å². The van der Waals surface area contributed by atoms with E-state index in [1.54, 1.807) is 41.5 Å². The lowest BCUT2D eigenvalue weighted by molar-refractivity contribution is -0.157. The number of carbonyl (C=O) groups excluding carboxylic acids is 3. The number of rotatable bonds is 6. The first kappa shape index (κ1) is 29.9. The fraction of sp³-hybridized carbons (Fsp3) is 0.607. The Balaban J connectivity index is 1.70. The molecule has 10 nitrogen and oxygen atoms in total. The second-order valence-corrected chi connectivity index (χ2v) is 12.9. The van der Waals surface area contributed by atoms with E-state index in [-0.39, 0.29) is 53.5 Å². The number of hydrogen-bond donors (Lipinski definition) is 1. The minimum atomic E-state index is -0.853. The Hall–Kier alpha value is -3.12. The minimum absolute atomic E-state index is 0.0255. The van der Waals surface area contributed by atoms with Crippen molar-refractivity contribution < 1.29 is 33.0 Å². The summed E-state index contributed by atoms with van der Waals surface area (Å²) in [5.41, 5.74) is -0.314. The van der Waals surface area contributed by atoms with E-state index in [9.17, 15) is 14.4 Å². The maximum atomic E-state index is 16.1. The van der Waals surface area contributed by atoms with Crippen molar-refractivity contribution in [2.24, 2.45) is 5.92 Å². The molecule has 12 heteroatoms. The minimum Gasteiger partial charge on any atom is -0.460 e. The molecule has 1 fully saturated rings. The molecule has 40 heavy (non-hydrogen) atoms. The van der Waals surface area contributed by atoms with Gasteiger partial charge in [-0.2, -0.15) is 4.37 Å². The number of halogens is 1. The summed E-state index contributed by atoms with van der Waals surface area (Å²) in [6.07, 6.45) is 0.435. The van der Waals surface area contributed by atoms with E-state index in [0.29, 0.717) is 30.9 Å². The molecule has 0 aromatic carbocycles. The molecule has 4 heterocycles. The average Bonchev–Trinajstić information content (AvgIpc) is 3.45. The van der Waals surface area contributed by atoms with Crippen molar-refractivity contribution in [1.82, 2.24) is 14.3 Å². The van der Waals surface area contributed by atoms with E-state index >= 15 is 4.39 Å². The van der Waals surface area contributed by atoms with Crippen molar-refractivity contribution in [3.8, 4) is 10.6 Å². The van der Waals surface area contributed by atoms with Crippen LogP contribution in [-0.2, 0) is 32.0 Å². The molecule has 2 aliphatic rings. The van der Waals surface area contributed by atoms with Crippen molar-refractivity contribution in [2.45, 2.75) is 91.5 Å². The van der Waals surface area contributed by atoms with Crippen molar-refractivity contribution >= 4 is 35.3 Å². The highest BCUT2D eigenvalue weighted by molar-refractivity contribution is 7.09. The van der Waals surface area contributed by atoms with Crippen LogP contribution in [0.5, 0.6) is 0 Å². The third kappa shape index (κ3) is 6.77. The van der Waals surface area contributed by atoms with Crippen LogP contribution in [0.2, 0.25) is 0 Å². The van der Waals surface area contributed by atoms with Gasteiger partial charge in [0.2, 0.25) is 0 Å². The van der Waals surface area contributed by atoms with Gasteiger partial charge in [-0.25, -0.2) is 19.1 Å². The Morgan fingerprint density at radius 1 is 1.20 bits per heavy atom. The van der Waals surface area contributed by atoms with Gasteiger partial charge in [0.15, 0.2) is 11.6 Å². The number of nitrogens with one attached hydrogen (secondary N) is 1. The number of hydrogen-bond acceptors (Lipinski definition) is 10. The van der Waals surface area contributed by atoms with Crippen LogP contribution in [0.3, 0.4) is 0 Å². The summed E-state index contributed by atoms with van der Waals surface area (Å²) in [6.45, 7) is 12.9. The Morgan fingerprint density at radius 3 is 2.52 bits per heavy atom. The van der Waals surface area contributed by atoms with E-state index in [4.69, 9.17) is 14.2 Å². The van der Waals surface area contributed by atoms with Gasteiger partial charge >= 0.3 is 12.1 Å². The molecule has 2 aromatic rings. The molecule has 1 N–H and O–H groups in total. The Morgan fingerprint density at radius 2 is 1.90 bits per heavy atom. The Kier molecular flexibility index (Phi) is 8.51. The summed E-state index contributed by atoms with van der Waals surface area (Å²) in [4.78, 5) is 44.9. The first-order valence-corrected chi connectivity index (χ1v) is 14.2. The number of carbonyl (C=O) groups is 3. The average molecular weight is 577 g/mol. The lowest BCUT2D eigenvalue weighted by Gasteiger charge is -2.33. The predicted molar refractivity (Wildman–Crippen MR) is 148 cm³/mol. The quantitative estimate of drug-likeness (QED) is 0.454. The van der Waals surface area contributed by atoms with E-state index in [0.717, 1.165) is 22.1 Å². The maximum Gasteiger partial charge on any atom is 0.417 e. The maximum absolute atomic E-state index is 16.1. The zero-order valence-corrected chi connectivity index (χ0v) is 24.9. The third-order valence-corrected chi connectivity index (χ3v) is 7.26. The molecule has 4 rings (SSSR count). The number of pyridine rings is 1. The van der Waals surface area contributed by atoms with Crippen LogP contribution in [0.1, 0.15) is 82.9 Å². The lowest BCUT2D eigenvalue weighted by Crippen LogP contribution is -2.40. The predicted octanol–water partition coefficient (Wildman–Crippen LogP) is 5.35. The van der Waals surface area contributed by atoms with Gasteiger partial charge in [-0.15, -0.1) is 0 Å². The summed E-state index contributed by atoms with van der Waals surface area (Å²) in [5, 5.41) is 3.19. The summed E-state index contributed by atoms with van der Waals surface area (Å²) in [7, 11) is 0. The highest BCUT2D eigenvalue weighted by Crippen LogP contribution is 2.39. The van der Waals surface area contributed by atoms with Gasteiger partial charge in [-0.05, 0) is 72.0 Å². The van der Waals surface area contributed by atoms with Crippen LogP contribution >= 0.6 is 11.5 Å². The fourth-order valence-electron chi connectivity index (χ4n) is 4.65. The summed E-state index contributed by atoms with van der Waals surface area (Å²) < 4.78 is 37.0. The van der Waals surface area contributed by atoms with Crippen LogP contribution < -0.4 is 5.32 Å². The molecular formula is C28H37FN4O6S. The van der Waals surface area contributed by atoms with Crippen molar-refractivity contribution in [2.75, 3.05) is 18.5 Å². The summed E-state index contributed by atoms with van der Waals surface area (Å²) in [5.74, 6) is -2.09. The lowest BCUT2D eigenvalue weighted by atomic mass is 9.92. The van der Waals surface area contributed by atoms with Crippen LogP contribution in [0, 0.1) is 11.7 Å². The number of fused-ring (bicyclic) bond motifs is 1. The number of aryl methyl sites for hydroxylation is 1. The van der Waals surface area contributed by atoms with Gasteiger partial charge in [0.25, 0.3) is 5.91 Å². The van der Waals surface area contributed by atoms with Crippen LogP contribution in [0.4, 0.5) is 15.0 Å². The number of aromatic nitrogens is 2. The Labute approximate surface area is 237 Å². The monoisotopic (exact) mass is 576 g/mol. The zero-order valence-electron chi connectivity index (χ0n) is 24.1. The molecule has 1 saturated heterocycles. The van der Waals surface area contributed by atoms with Crippen LogP contribution in [-0.4, -0.2) is 62.7 Å².